The molecule has 2 aliphatic rings. The summed E-state index contributed by atoms with van der Waals surface area (Å²) in [6, 6.07) is 19.5. The molecule has 3 aromatic carbocycles. The lowest BCUT2D eigenvalue weighted by Crippen LogP contribution is -2.36. The van der Waals surface area contributed by atoms with E-state index in [1.807, 2.05) is 48.5 Å². The normalized spacial score (nSPS) is 18.7. The zero-order valence-electron chi connectivity index (χ0n) is 20.8. The molecule has 2 aliphatic heterocycles. The lowest BCUT2D eigenvalue weighted by atomic mass is 9.97. The molecule has 7 nitrogen and oxygen atoms in total. The maximum atomic E-state index is 13.8. The summed E-state index contributed by atoms with van der Waals surface area (Å²) < 4.78 is 23.6. The van der Waals surface area contributed by atoms with E-state index in [-0.39, 0.29) is 23.2 Å². The van der Waals surface area contributed by atoms with Crippen molar-refractivity contribution in [3.63, 3.8) is 0 Å². The Hall–Kier alpha value is -3.81. The van der Waals surface area contributed by atoms with E-state index in [1.54, 1.807) is 30.2 Å². The van der Waals surface area contributed by atoms with Crippen molar-refractivity contribution < 1.29 is 23.4 Å². The van der Waals surface area contributed by atoms with Gasteiger partial charge in [-0.25, -0.2) is 0 Å². The molecule has 0 spiro atoms. The van der Waals surface area contributed by atoms with Crippen LogP contribution in [0.1, 0.15) is 46.1 Å². The van der Waals surface area contributed by atoms with E-state index in [4.69, 9.17) is 30.2 Å². The molecule has 0 N–H and O–H groups in total. The summed E-state index contributed by atoms with van der Waals surface area (Å²) in [5.41, 5.74) is 2.09. The van der Waals surface area contributed by atoms with Gasteiger partial charge in [0.1, 0.15) is 12.2 Å². The van der Waals surface area contributed by atoms with Crippen LogP contribution in [0.5, 0.6) is 11.5 Å². The maximum absolute atomic E-state index is 13.8. The van der Waals surface area contributed by atoms with E-state index in [0.717, 1.165) is 18.4 Å². The Bertz CT molecular complexity index is 1560. The minimum atomic E-state index is -0.668. The molecule has 1 fully saturated rings. The van der Waals surface area contributed by atoms with Gasteiger partial charge in [-0.1, -0.05) is 48.0 Å². The molecule has 0 unspecified atom stereocenters. The number of benzene rings is 3. The molecule has 2 atom stereocenters. The highest BCUT2D eigenvalue weighted by Gasteiger charge is 2.44. The zero-order valence-corrected chi connectivity index (χ0v) is 21.6. The van der Waals surface area contributed by atoms with E-state index in [9.17, 15) is 9.59 Å². The molecule has 38 heavy (non-hydrogen) atoms. The van der Waals surface area contributed by atoms with E-state index in [2.05, 4.69) is 0 Å². The Morgan fingerprint density at radius 2 is 1.87 bits per heavy atom. The van der Waals surface area contributed by atoms with Crippen molar-refractivity contribution in [1.29, 1.82) is 0 Å². The number of nitrogens with zero attached hydrogens (tertiary/aromatic N) is 1. The van der Waals surface area contributed by atoms with Crippen LogP contribution in [0.3, 0.4) is 0 Å². The molecular weight excluding hydrogens is 506 g/mol. The van der Waals surface area contributed by atoms with Crippen molar-refractivity contribution in [3.8, 4) is 11.5 Å². The van der Waals surface area contributed by atoms with Gasteiger partial charge in [-0.05, 0) is 54.3 Å². The monoisotopic (exact) mass is 531 g/mol. The first kappa shape index (κ1) is 24.5. The highest BCUT2D eigenvalue weighted by molar-refractivity contribution is 6.31. The van der Waals surface area contributed by atoms with Gasteiger partial charge in [0, 0.05) is 18.2 Å². The second-order valence-corrected chi connectivity index (χ2v) is 9.93. The first-order chi connectivity index (χ1) is 18.5. The van der Waals surface area contributed by atoms with Gasteiger partial charge in [0.2, 0.25) is 5.76 Å². The van der Waals surface area contributed by atoms with Crippen molar-refractivity contribution >= 4 is 28.5 Å². The van der Waals surface area contributed by atoms with Crippen LogP contribution in [0, 0.1) is 0 Å². The summed E-state index contributed by atoms with van der Waals surface area (Å²) >= 11 is 6.19. The van der Waals surface area contributed by atoms with E-state index in [0.29, 0.717) is 58.4 Å². The standard InChI is InChI=1S/C30H26ClNO6/c1-35-25-14-19(9-11-24(25)37-17-18-6-3-2-4-7-18)27-26-28(33)22-15-20(31)10-12-23(22)38-29(26)30(34)32(27)16-21-8-5-13-36-21/h2-4,6-7,9-12,14-15,21,27H,5,8,13,16-17H2,1H3/t21-,27+/m1/s1. The Kier molecular flexibility index (Phi) is 6.55. The third-order valence-corrected chi connectivity index (χ3v) is 7.33. The summed E-state index contributed by atoms with van der Waals surface area (Å²) in [6.45, 7) is 1.38. The van der Waals surface area contributed by atoms with E-state index >= 15 is 0 Å². The van der Waals surface area contributed by atoms with Crippen LogP contribution in [-0.4, -0.2) is 37.2 Å². The fraction of sp³-hybridized carbons (Fsp3) is 0.267. The molecule has 3 heterocycles. The molecule has 0 aliphatic carbocycles. The smallest absolute Gasteiger partial charge is 0.291 e. The number of hydrogen-bond acceptors (Lipinski definition) is 6. The molecule has 0 radical (unpaired) electrons. The fourth-order valence-electron chi connectivity index (χ4n) is 5.24. The third kappa shape index (κ3) is 4.42. The summed E-state index contributed by atoms with van der Waals surface area (Å²) in [7, 11) is 1.57. The fourth-order valence-corrected chi connectivity index (χ4v) is 5.42. The van der Waals surface area contributed by atoms with Gasteiger partial charge in [0.15, 0.2) is 16.9 Å². The third-order valence-electron chi connectivity index (χ3n) is 7.09. The van der Waals surface area contributed by atoms with E-state index in [1.165, 1.54) is 0 Å². The van der Waals surface area contributed by atoms with Gasteiger partial charge in [0.05, 0.1) is 30.2 Å². The topological polar surface area (TPSA) is 78.2 Å². The minimum Gasteiger partial charge on any atom is -0.493 e. The Morgan fingerprint density at radius 1 is 1.03 bits per heavy atom. The minimum absolute atomic E-state index is 0.0520. The van der Waals surface area contributed by atoms with Crippen molar-refractivity contribution in [3.05, 3.63) is 104 Å². The molecule has 1 aromatic heterocycles. The zero-order chi connectivity index (χ0) is 26.2. The highest BCUT2D eigenvalue weighted by Crippen LogP contribution is 2.41. The average Bonchev–Trinajstić information content (AvgIpc) is 3.55. The van der Waals surface area contributed by atoms with Crippen molar-refractivity contribution in [1.82, 2.24) is 4.90 Å². The number of fused-ring (bicyclic) bond motifs is 2. The lowest BCUT2D eigenvalue weighted by Gasteiger charge is -2.28. The molecule has 6 rings (SSSR count). The molecule has 1 amide bonds. The van der Waals surface area contributed by atoms with Crippen molar-refractivity contribution in [2.75, 3.05) is 20.3 Å². The number of carbonyl (C=O) groups excluding carboxylic acids is 1. The van der Waals surface area contributed by atoms with Crippen LogP contribution in [0.25, 0.3) is 11.0 Å². The average molecular weight is 532 g/mol. The van der Waals surface area contributed by atoms with Gasteiger partial charge >= 0.3 is 0 Å². The van der Waals surface area contributed by atoms with E-state index < -0.39 is 6.04 Å². The first-order valence-electron chi connectivity index (χ1n) is 12.6. The lowest BCUT2D eigenvalue weighted by molar-refractivity contribution is 0.0486. The van der Waals surface area contributed by atoms with Gasteiger partial charge in [-0.2, -0.15) is 0 Å². The molecule has 8 heteroatoms. The molecule has 194 valence electrons. The number of methoxy groups -OCH3 is 1. The Balaban J connectivity index is 1.43. The first-order valence-corrected chi connectivity index (χ1v) is 12.9. The number of hydrogen-bond donors (Lipinski definition) is 0. The SMILES string of the molecule is COc1cc([C@H]2c3c(oc4ccc(Cl)cc4c3=O)C(=O)N2C[C@H]2CCCO2)ccc1OCc1ccccc1. The quantitative estimate of drug-likeness (QED) is 0.302. The second-order valence-electron chi connectivity index (χ2n) is 9.49. The molecule has 0 saturated carbocycles. The Morgan fingerprint density at radius 3 is 2.63 bits per heavy atom. The van der Waals surface area contributed by atoms with Crippen LogP contribution in [0.4, 0.5) is 0 Å². The Labute approximate surface area is 224 Å². The number of halogens is 1. The molecule has 0 bridgehead atoms. The molecular formula is C30H26ClNO6. The summed E-state index contributed by atoms with van der Waals surface area (Å²) in [5, 5.41) is 0.756. The summed E-state index contributed by atoms with van der Waals surface area (Å²) in [6.07, 6.45) is 1.68. The van der Waals surface area contributed by atoms with Crippen molar-refractivity contribution in [2.45, 2.75) is 31.6 Å². The number of rotatable bonds is 7. The van der Waals surface area contributed by atoms with Gasteiger partial charge in [-0.15, -0.1) is 0 Å². The summed E-state index contributed by atoms with van der Waals surface area (Å²) in [4.78, 5) is 29.1. The maximum Gasteiger partial charge on any atom is 0.291 e. The number of ether oxygens (including phenoxy) is 3. The van der Waals surface area contributed by atoms with Gasteiger partial charge in [-0.3, -0.25) is 9.59 Å². The highest BCUT2D eigenvalue weighted by atomic mass is 35.5. The number of carbonyl (C=O) groups is 1. The summed E-state index contributed by atoms with van der Waals surface area (Å²) in [5.74, 6) is 0.784. The van der Waals surface area contributed by atoms with Crippen LogP contribution < -0.4 is 14.9 Å². The predicted octanol–water partition coefficient (Wildman–Crippen LogP) is 5.76. The van der Waals surface area contributed by atoms with Crippen LogP contribution in [0.15, 0.2) is 75.9 Å². The number of amides is 1. The van der Waals surface area contributed by atoms with Gasteiger partial charge < -0.3 is 23.5 Å². The van der Waals surface area contributed by atoms with Crippen LogP contribution >= 0.6 is 11.6 Å². The predicted molar refractivity (Wildman–Crippen MR) is 143 cm³/mol. The second kappa shape index (κ2) is 10.2. The van der Waals surface area contributed by atoms with Crippen molar-refractivity contribution in [2.24, 2.45) is 0 Å². The van der Waals surface area contributed by atoms with Gasteiger partial charge in [0.25, 0.3) is 5.91 Å². The largest absolute Gasteiger partial charge is 0.493 e. The molecule has 4 aromatic rings. The van der Waals surface area contributed by atoms with Crippen LogP contribution in [-0.2, 0) is 11.3 Å². The van der Waals surface area contributed by atoms with Crippen LogP contribution in [0.2, 0.25) is 5.02 Å². The molecule has 1 saturated heterocycles.